The van der Waals surface area contributed by atoms with E-state index in [1.165, 1.54) is 12.1 Å². The van der Waals surface area contributed by atoms with Crippen molar-refractivity contribution in [3.63, 3.8) is 0 Å². The van der Waals surface area contributed by atoms with Crippen molar-refractivity contribution in [1.82, 2.24) is 0 Å². The number of carbonyl (C=O) groups excluding carboxylic acids is 1. The van der Waals surface area contributed by atoms with E-state index >= 15 is 0 Å². The van der Waals surface area contributed by atoms with Crippen molar-refractivity contribution < 1.29 is 37.0 Å². The number of rotatable bonds is 6. The van der Waals surface area contributed by atoms with Gasteiger partial charge in [-0.3, -0.25) is 4.79 Å². The third kappa shape index (κ3) is 3.47. The molecule has 10 heteroatoms. The van der Waals surface area contributed by atoms with Gasteiger partial charge in [0.05, 0.1) is 31.5 Å². The number of thiol groups is 1. The summed E-state index contributed by atoms with van der Waals surface area (Å²) in [5.41, 5.74) is 0.306. The number of esters is 1. The number of halogens is 1. The maximum Gasteiger partial charge on any atom is 0.341 e. The van der Waals surface area contributed by atoms with Gasteiger partial charge in [0.25, 0.3) is 0 Å². The number of fused-ring (bicyclic) bond motifs is 3. The summed E-state index contributed by atoms with van der Waals surface area (Å²) in [4.78, 5) is 23.9. The summed E-state index contributed by atoms with van der Waals surface area (Å²) in [5, 5.41) is 9.86. The minimum absolute atomic E-state index is 0.0401. The summed E-state index contributed by atoms with van der Waals surface area (Å²) in [5.74, 6) is -2.02. The zero-order valence-corrected chi connectivity index (χ0v) is 16.7. The molecule has 8 nitrogen and oxygen atoms in total. The molecule has 0 aromatic heterocycles. The van der Waals surface area contributed by atoms with Gasteiger partial charge in [-0.1, -0.05) is 6.07 Å². The minimum atomic E-state index is -3.39. The van der Waals surface area contributed by atoms with Gasteiger partial charge >= 0.3 is 11.9 Å². The zero-order valence-electron chi connectivity index (χ0n) is 15.8. The number of ether oxygens (including phenoxy) is 2. The summed E-state index contributed by atoms with van der Waals surface area (Å²) in [7, 11) is -2.23. The quantitative estimate of drug-likeness (QED) is 0.530. The molecule has 2 aromatic carbocycles. The van der Waals surface area contributed by atoms with Gasteiger partial charge in [0.2, 0.25) is 10.9 Å². The van der Waals surface area contributed by atoms with E-state index in [-0.39, 0.29) is 34.2 Å². The van der Waals surface area contributed by atoms with E-state index in [0.717, 1.165) is 35.5 Å². The fraction of sp³-hybridized carbons (Fsp3) is 0.300. The zero-order chi connectivity index (χ0) is 21.6. The highest BCUT2D eigenvalue weighted by atomic mass is 32.2. The number of aromatic carboxylic acids is 1. The second-order valence-electron chi connectivity index (χ2n) is 7.17. The second-order valence-corrected chi connectivity index (χ2v) is 8.05. The highest BCUT2D eigenvalue weighted by Gasteiger charge is 2.45. The molecule has 1 aliphatic heterocycles. The Hall–Kier alpha value is -3.14. The standard InChI is InChI=1S/C20H18FNO7S/c1-28-17(23)8-10-6-12(21)2-4-15(10)22(30(26)27)16-5-3-13-14-7-11(14)9-29-19(13)18(16)20(24)25/h2-6,11,14,30H,7-9H2,1H3,(H,24,25). The molecule has 4 rings (SSSR count). The number of nitrogens with zero attached hydrogens (tertiary/aromatic N) is 1. The molecular formula is C20H18FNO7S. The highest BCUT2D eigenvalue weighted by molar-refractivity contribution is 7.74. The fourth-order valence-electron chi connectivity index (χ4n) is 3.86. The number of carbonyl (C=O) groups is 2. The molecule has 0 spiro atoms. The van der Waals surface area contributed by atoms with Gasteiger partial charge in [-0.2, -0.15) is 0 Å². The summed E-state index contributed by atoms with van der Waals surface area (Å²) in [6, 6.07) is 6.30. The van der Waals surface area contributed by atoms with Crippen LogP contribution in [0.1, 0.15) is 33.8 Å². The molecule has 1 saturated carbocycles. The lowest BCUT2D eigenvalue weighted by Crippen LogP contribution is -2.22. The van der Waals surface area contributed by atoms with E-state index < -0.39 is 35.1 Å². The maximum atomic E-state index is 13.8. The molecule has 1 heterocycles. The van der Waals surface area contributed by atoms with Crippen LogP contribution < -0.4 is 9.04 Å². The number of benzene rings is 2. The Bertz CT molecular complexity index is 1120. The van der Waals surface area contributed by atoms with E-state index in [1.54, 1.807) is 6.07 Å². The molecule has 2 unspecified atom stereocenters. The van der Waals surface area contributed by atoms with Crippen LogP contribution >= 0.6 is 0 Å². The second kappa shape index (κ2) is 7.60. The Morgan fingerprint density at radius 1 is 1.27 bits per heavy atom. The summed E-state index contributed by atoms with van der Waals surface area (Å²) in [6.45, 7) is 0.370. The average molecular weight is 435 g/mol. The number of carboxylic acids is 1. The Balaban J connectivity index is 1.90. The van der Waals surface area contributed by atoms with Crippen LogP contribution in [0.3, 0.4) is 0 Å². The first-order valence-corrected chi connectivity index (χ1v) is 10.3. The average Bonchev–Trinajstić information content (AvgIpc) is 3.49. The van der Waals surface area contributed by atoms with Crippen molar-refractivity contribution in [1.29, 1.82) is 0 Å². The summed E-state index contributed by atoms with van der Waals surface area (Å²) >= 11 is 0. The number of anilines is 2. The molecule has 0 amide bonds. The predicted molar refractivity (Wildman–Crippen MR) is 104 cm³/mol. The molecule has 0 radical (unpaired) electrons. The fourth-order valence-corrected chi connectivity index (χ4v) is 4.57. The van der Waals surface area contributed by atoms with Gasteiger partial charge in [0.15, 0.2) is 0 Å². The molecular weight excluding hydrogens is 417 g/mol. The molecule has 1 N–H and O–H groups in total. The van der Waals surface area contributed by atoms with E-state index in [1.807, 2.05) is 0 Å². The van der Waals surface area contributed by atoms with Gasteiger partial charge < -0.3 is 14.6 Å². The van der Waals surface area contributed by atoms with Crippen molar-refractivity contribution in [2.75, 3.05) is 18.0 Å². The maximum absolute atomic E-state index is 13.8. The number of carboxylic acid groups (broad SMARTS) is 1. The Morgan fingerprint density at radius 3 is 2.67 bits per heavy atom. The lowest BCUT2D eigenvalue weighted by atomic mass is 9.99. The van der Waals surface area contributed by atoms with Crippen LogP contribution in [-0.4, -0.2) is 39.2 Å². The van der Waals surface area contributed by atoms with Crippen LogP contribution in [0.15, 0.2) is 30.3 Å². The molecule has 1 fully saturated rings. The molecule has 30 heavy (non-hydrogen) atoms. The molecule has 158 valence electrons. The minimum Gasteiger partial charge on any atom is -0.492 e. The molecule has 0 bridgehead atoms. The van der Waals surface area contributed by atoms with Crippen LogP contribution in [0.2, 0.25) is 0 Å². The lowest BCUT2D eigenvalue weighted by Gasteiger charge is -2.26. The van der Waals surface area contributed by atoms with E-state index in [0.29, 0.717) is 12.5 Å². The monoisotopic (exact) mass is 435 g/mol. The van der Waals surface area contributed by atoms with Gasteiger partial charge in [-0.25, -0.2) is 21.9 Å². The molecule has 2 aliphatic rings. The smallest absolute Gasteiger partial charge is 0.341 e. The Kier molecular flexibility index (Phi) is 5.10. The molecule has 1 aliphatic carbocycles. The topological polar surface area (TPSA) is 110 Å². The van der Waals surface area contributed by atoms with Crippen LogP contribution in [0.5, 0.6) is 5.75 Å². The number of hydrogen-bond acceptors (Lipinski definition) is 6. The van der Waals surface area contributed by atoms with Crippen molar-refractivity contribution in [2.24, 2.45) is 5.92 Å². The summed E-state index contributed by atoms with van der Waals surface area (Å²) in [6.07, 6.45) is 0.503. The third-order valence-corrected chi connectivity index (χ3v) is 6.13. The SMILES string of the molecule is COC(=O)Cc1cc(F)ccc1N(c1ccc2c(c1C(=O)O)OCC1CC21)[SH](=O)=O. The molecule has 2 atom stereocenters. The van der Waals surface area contributed by atoms with Crippen molar-refractivity contribution in [2.45, 2.75) is 18.8 Å². The van der Waals surface area contributed by atoms with Crippen LogP contribution in [-0.2, 0) is 26.8 Å². The first-order chi connectivity index (χ1) is 14.3. The van der Waals surface area contributed by atoms with Crippen LogP contribution in [0.25, 0.3) is 0 Å². The Morgan fingerprint density at radius 2 is 2.00 bits per heavy atom. The van der Waals surface area contributed by atoms with Gasteiger partial charge in [-0.05, 0) is 47.7 Å². The first kappa shape index (κ1) is 20.1. The van der Waals surface area contributed by atoms with E-state index in [4.69, 9.17) is 4.74 Å². The summed E-state index contributed by atoms with van der Waals surface area (Å²) < 4.78 is 49.3. The van der Waals surface area contributed by atoms with Gasteiger partial charge in [0, 0.05) is 5.92 Å². The Labute approximate surface area is 172 Å². The van der Waals surface area contributed by atoms with Crippen LogP contribution in [0.4, 0.5) is 15.8 Å². The molecule has 0 saturated heterocycles. The third-order valence-electron chi connectivity index (χ3n) is 5.37. The van der Waals surface area contributed by atoms with Crippen molar-refractivity contribution in [3.05, 3.63) is 52.8 Å². The van der Waals surface area contributed by atoms with Crippen molar-refractivity contribution >= 4 is 34.2 Å². The normalized spacial score (nSPS) is 18.8. The van der Waals surface area contributed by atoms with Gasteiger partial charge in [0.1, 0.15) is 17.1 Å². The van der Waals surface area contributed by atoms with E-state index in [9.17, 15) is 27.5 Å². The largest absolute Gasteiger partial charge is 0.492 e. The molecule has 2 aromatic rings. The van der Waals surface area contributed by atoms with E-state index in [2.05, 4.69) is 4.74 Å². The van der Waals surface area contributed by atoms with Crippen molar-refractivity contribution in [3.8, 4) is 5.75 Å². The first-order valence-electron chi connectivity index (χ1n) is 9.14. The number of methoxy groups -OCH3 is 1. The number of hydrogen-bond donors (Lipinski definition) is 2. The lowest BCUT2D eigenvalue weighted by molar-refractivity contribution is -0.139. The van der Waals surface area contributed by atoms with Crippen LogP contribution in [0, 0.1) is 11.7 Å². The predicted octanol–water partition coefficient (Wildman–Crippen LogP) is 2.40. The van der Waals surface area contributed by atoms with Gasteiger partial charge in [-0.15, -0.1) is 0 Å². The highest BCUT2D eigenvalue weighted by Crippen LogP contribution is 2.55.